The molecule has 0 amide bonds. The van der Waals surface area contributed by atoms with Crippen molar-refractivity contribution in [3.63, 3.8) is 0 Å². The first kappa shape index (κ1) is 12.9. The Morgan fingerprint density at radius 3 is 2.53 bits per heavy atom. The Hall–Kier alpha value is -0.210. The van der Waals surface area contributed by atoms with Crippen molar-refractivity contribution in [3.8, 4) is 0 Å². The van der Waals surface area contributed by atoms with Crippen molar-refractivity contribution in [1.82, 2.24) is 15.2 Å². The standard InChI is InChI=1S/C8H19N3O3S/c1-8(7-9-2)15(12,13)10-11-3-5-14-6-4-11/h8-10H,3-7H2,1-2H3. The number of nitrogens with one attached hydrogen (secondary N) is 2. The third-order valence-electron chi connectivity index (χ3n) is 2.29. The summed E-state index contributed by atoms with van der Waals surface area (Å²) in [5.74, 6) is 0. The summed E-state index contributed by atoms with van der Waals surface area (Å²) in [5, 5.41) is 4.09. The number of hydrogen-bond acceptors (Lipinski definition) is 5. The van der Waals surface area contributed by atoms with E-state index in [1.54, 1.807) is 19.0 Å². The molecule has 90 valence electrons. The minimum Gasteiger partial charge on any atom is -0.379 e. The van der Waals surface area contributed by atoms with E-state index in [0.717, 1.165) is 0 Å². The molecule has 6 nitrogen and oxygen atoms in total. The van der Waals surface area contributed by atoms with E-state index < -0.39 is 15.3 Å². The number of nitrogens with zero attached hydrogens (tertiary/aromatic N) is 1. The number of ether oxygens (including phenoxy) is 1. The Labute approximate surface area is 91.0 Å². The zero-order chi connectivity index (χ0) is 11.3. The third-order valence-corrected chi connectivity index (χ3v) is 4.03. The van der Waals surface area contributed by atoms with Crippen LogP contribution in [-0.2, 0) is 14.8 Å². The highest BCUT2D eigenvalue weighted by Crippen LogP contribution is 2.00. The van der Waals surface area contributed by atoms with Crippen LogP contribution in [0, 0.1) is 0 Å². The second kappa shape index (κ2) is 5.76. The van der Waals surface area contributed by atoms with Crippen LogP contribution in [0.1, 0.15) is 6.92 Å². The fourth-order valence-corrected chi connectivity index (χ4v) is 2.43. The van der Waals surface area contributed by atoms with Gasteiger partial charge >= 0.3 is 0 Å². The normalized spacial score (nSPS) is 21.5. The van der Waals surface area contributed by atoms with Crippen LogP contribution < -0.4 is 10.1 Å². The van der Waals surface area contributed by atoms with E-state index in [1.165, 1.54) is 0 Å². The van der Waals surface area contributed by atoms with Crippen molar-refractivity contribution in [2.45, 2.75) is 12.2 Å². The summed E-state index contributed by atoms with van der Waals surface area (Å²) >= 11 is 0. The van der Waals surface area contributed by atoms with E-state index in [2.05, 4.69) is 10.1 Å². The van der Waals surface area contributed by atoms with Gasteiger partial charge in [0, 0.05) is 19.6 Å². The van der Waals surface area contributed by atoms with Crippen LogP contribution in [0.5, 0.6) is 0 Å². The van der Waals surface area contributed by atoms with Crippen LogP contribution in [0.15, 0.2) is 0 Å². The smallest absolute Gasteiger partial charge is 0.228 e. The minimum atomic E-state index is -3.26. The van der Waals surface area contributed by atoms with Crippen LogP contribution in [0.3, 0.4) is 0 Å². The maximum atomic E-state index is 11.8. The number of sulfonamides is 1. The average Bonchev–Trinajstić information content (AvgIpc) is 2.19. The Balaban J connectivity index is 2.47. The molecule has 0 saturated carbocycles. The van der Waals surface area contributed by atoms with Crippen molar-refractivity contribution in [1.29, 1.82) is 0 Å². The molecule has 1 heterocycles. The SMILES string of the molecule is CNCC(C)S(=O)(=O)NN1CCOCC1. The van der Waals surface area contributed by atoms with Gasteiger partial charge in [0.1, 0.15) is 0 Å². The zero-order valence-electron chi connectivity index (χ0n) is 9.19. The molecular weight excluding hydrogens is 218 g/mol. The van der Waals surface area contributed by atoms with Gasteiger partial charge in [0.05, 0.1) is 18.5 Å². The molecule has 0 bridgehead atoms. The van der Waals surface area contributed by atoms with Crippen LogP contribution in [0.25, 0.3) is 0 Å². The van der Waals surface area contributed by atoms with Gasteiger partial charge in [0.15, 0.2) is 0 Å². The van der Waals surface area contributed by atoms with Crippen LogP contribution >= 0.6 is 0 Å². The molecule has 1 saturated heterocycles. The lowest BCUT2D eigenvalue weighted by atomic mass is 10.5. The lowest BCUT2D eigenvalue weighted by molar-refractivity contribution is 0.0271. The number of hydrazine groups is 1. The summed E-state index contributed by atoms with van der Waals surface area (Å²) in [4.78, 5) is 2.57. The number of hydrogen-bond donors (Lipinski definition) is 2. The lowest BCUT2D eigenvalue weighted by Crippen LogP contribution is -2.51. The highest BCUT2D eigenvalue weighted by atomic mass is 32.2. The van der Waals surface area contributed by atoms with Gasteiger partial charge in [-0.3, -0.25) is 0 Å². The summed E-state index contributed by atoms with van der Waals surface area (Å²) in [6.45, 7) is 4.47. The molecule has 0 spiro atoms. The quantitative estimate of drug-likeness (QED) is 0.626. The second-order valence-corrected chi connectivity index (χ2v) is 5.68. The minimum absolute atomic E-state index is 0.439. The molecule has 1 unspecified atom stereocenters. The predicted molar refractivity (Wildman–Crippen MR) is 57.8 cm³/mol. The Bertz CT molecular complexity index is 275. The third kappa shape index (κ3) is 4.04. The first-order chi connectivity index (χ1) is 7.06. The Morgan fingerprint density at radius 1 is 1.40 bits per heavy atom. The highest BCUT2D eigenvalue weighted by molar-refractivity contribution is 7.90. The number of rotatable bonds is 5. The summed E-state index contributed by atoms with van der Waals surface area (Å²) < 4.78 is 28.6. The van der Waals surface area contributed by atoms with Crippen molar-refractivity contribution in [2.75, 3.05) is 39.9 Å². The summed E-state index contributed by atoms with van der Waals surface area (Å²) in [5.41, 5.74) is 0. The van der Waals surface area contributed by atoms with Gasteiger partial charge < -0.3 is 10.1 Å². The topological polar surface area (TPSA) is 70.7 Å². The van der Waals surface area contributed by atoms with E-state index in [1.807, 2.05) is 0 Å². The average molecular weight is 237 g/mol. The maximum Gasteiger partial charge on any atom is 0.228 e. The molecule has 1 aliphatic heterocycles. The van der Waals surface area contributed by atoms with Crippen molar-refractivity contribution >= 4 is 10.0 Å². The van der Waals surface area contributed by atoms with E-state index in [4.69, 9.17) is 4.74 Å². The van der Waals surface area contributed by atoms with Crippen LogP contribution in [-0.4, -0.2) is 58.6 Å². The monoisotopic (exact) mass is 237 g/mol. The molecule has 1 fully saturated rings. The van der Waals surface area contributed by atoms with Crippen molar-refractivity contribution < 1.29 is 13.2 Å². The molecule has 0 radical (unpaired) electrons. The highest BCUT2D eigenvalue weighted by Gasteiger charge is 2.23. The Kier molecular flexibility index (Phi) is 4.94. The molecule has 2 N–H and O–H groups in total. The van der Waals surface area contributed by atoms with Gasteiger partial charge in [-0.1, -0.05) is 0 Å². The second-order valence-electron chi connectivity index (χ2n) is 3.60. The summed E-state index contributed by atoms with van der Waals surface area (Å²) in [6, 6.07) is 0. The van der Waals surface area contributed by atoms with Gasteiger partial charge in [-0.15, -0.1) is 4.83 Å². The molecule has 7 heteroatoms. The van der Waals surface area contributed by atoms with Crippen LogP contribution in [0.4, 0.5) is 0 Å². The molecule has 0 aromatic carbocycles. The largest absolute Gasteiger partial charge is 0.379 e. The molecule has 0 aromatic heterocycles. The molecule has 15 heavy (non-hydrogen) atoms. The van der Waals surface area contributed by atoms with E-state index in [9.17, 15) is 8.42 Å². The van der Waals surface area contributed by atoms with Gasteiger partial charge in [-0.2, -0.15) is 0 Å². The summed E-state index contributed by atoms with van der Waals surface area (Å²) in [6.07, 6.45) is 0. The number of morpholine rings is 1. The first-order valence-corrected chi connectivity index (χ1v) is 6.59. The van der Waals surface area contributed by atoms with Gasteiger partial charge in [0.2, 0.25) is 10.0 Å². The first-order valence-electron chi connectivity index (χ1n) is 5.05. The van der Waals surface area contributed by atoms with Crippen LogP contribution in [0.2, 0.25) is 0 Å². The maximum absolute atomic E-state index is 11.8. The van der Waals surface area contributed by atoms with E-state index in [0.29, 0.717) is 32.8 Å². The Morgan fingerprint density at radius 2 is 2.00 bits per heavy atom. The molecular formula is C8H19N3O3S. The van der Waals surface area contributed by atoms with Gasteiger partial charge in [-0.05, 0) is 14.0 Å². The van der Waals surface area contributed by atoms with E-state index in [-0.39, 0.29) is 0 Å². The molecule has 1 atom stereocenters. The molecule has 0 aromatic rings. The van der Waals surface area contributed by atoms with E-state index >= 15 is 0 Å². The van der Waals surface area contributed by atoms with Crippen molar-refractivity contribution in [3.05, 3.63) is 0 Å². The zero-order valence-corrected chi connectivity index (χ0v) is 10.0. The lowest BCUT2D eigenvalue weighted by Gasteiger charge is -2.28. The molecule has 1 aliphatic rings. The van der Waals surface area contributed by atoms with Gasteiger partial charge in [0.25, 0.3) is 0 Å². The predicted octanol–water partition coefficient (Wildman–Crippen LogP) is -1.24. The molecule has 0 aliphatic carbocycles. The molecule has 1 rings (SSSR count). The van der Waals surface area contributed by atoms with Crippen molar-refractivity contribution in [2.24, 2.45) is 0 Å². The fourth-order valence-electron chi connectivity index (χ4n) is 1.32. The fraction of sp³-hybridized carbons (Fsp3) is 1.00. The van der Waals surface area contributed by atoms with Gasteiger partial charge in [-0.25, -0.2) is 13.4 Å². The summed E-state index contributed by atoms with van der Waals surface area (Å²) in [7, 11) is -1.53.